The molecule has 1 atom stereocenters. The van der Waals surface area contributed by atoms with E-state index in [0.717, 1.165) is 5.56 Å². The normalized spacial score (nSPS) is 11.8. The highest BCUT2D eigenvalue weighted by Gasteiger charge is 2.12. The molecule has 0 heterocycles. The lowest BCUT2D eigenvalue weighted by Crippen LogP contribution is -2.28. The van der Waals surface area contributed by atoms with Crippen molar-refractivity contribution in [2.75, 3.05) is 11.5 Å². The van der Waals surface area contributed by atoms with Gasteiger partial charge in [-0.1, -0.05) is 42.5 Å². The second-order valence-electron chi connectivity index (χ2n) is 4.29. The van der Waals surface area contributed by atoms with Crippen molar-refractivity contribution in [2.45, 2.75) is 11.4 Å². The SMILES string of the molecule is Nc1ccccc1S(=O)CC(=O)NCc1ccccc1. The van der Waals surface area contributed by atoms with E-state index in [1.165, 1.54) is 0 Å². The van der Waals surface area contributed by atoms with Gasteiger partial charge in [0.2, 0.25) is 5.91 Å². The molecule has 1 unspecified atom stereocenters. The first-order valence-corrected chi connectivity index (χ1v) is 7.52. The molecule has 3 N–H and O–H groups in total. The number of benzene rings is 2. The van der Waals surface area contributed by atoms with Gasteiger partial charge in [0.25, 0.3) is 0 Å². The van der Waals surface area contributed by atoms with Crippen LogP contribution in [-0.2, 0) is 22.1 Å². The Morgan fingerprint density at radius 2 is 1.70 bits per heavy atom. The molecule has 1 amide bonds. The average molecular weight is 288 g/mol. The van der Waals surface area contributed by atoms with Crippen LogP contribution in [-0.4, -0.2) is 15.9 Å². The van der Waals surface area contributed by atoms with Crippen molar-refractivity contribution in [3.05, 3.63) is 60.2 Å². The van der Waals surface area contributed by atoms with Crippen molar-refractivity contribution in [3.8, 4) is 0 Å². The number of nitrogen functional groups attached to an aromatic ring is 1. The highest BCUT2D eigenvalue weighted by molar-refractivity contribution is 7.86. The summed E-state index contributed by atoms with van der Waals surface area (Å²) in [7, 11) is -1.42. The first kappa shape index (κ1) is 14.3. The molecule has 0 bridgehead atoms. The lowest BCUT2D eigenvalue weighted by Gasteiger charge is -2.07. The maximum Gasteiger partial charge on any atom is 0.233 e. The van der Waals surface area contributed by atoms with Gasteiger partial charge in [-0.05, 0) is 17.7 Å². The van der Waals surface area contributed by atoms with Crippen LogP contribution in [0.3, 0.4) is 0 Å². The van der Waals surface area contributed by atoms with Crippen LogP contribution in [0.1, 0.15) is 5.56 Å². The smallest absolute Gasteiger partial charge is 0.233 e. The second-order valence-corrected chi connectivity index (χ2v) is 5.71. The Labute approximate surface area is 120 Å². The van der Waals surface area contributed by atoms with Crippen LogP contribution in [0.15, 0.2) is 59.5 Å². The minimum atomic E-state index is -1.42. The van der Waals surface area contributed by atoms with Gasteiger partial charge in [0.1, 0.15) is 5.75 Å². The van der Waals surface area contributed by atoms with E-state index in [0.29, 0.717) is 17.1 Å². The zero-order valence-electron chi connectivity index (χ0n) is 10.9. The number of nitrogens with two attached hydrogens (primary N) is 1. The standard InChI is InChI=1S/C15H16N2O2S/c16-13-8-4-5-9-14(13)20(19)11-15(18)17-10-12-6-2-1-3-7-12/h1-9H,10-11,16H2,(H,17,18). The molecule has 0 aromatic heterocycles. The zero-order valence-corrected chi connectivity index (χ0v) is 11.7. The van der Waals surface area contributed by atoms with Crippen LogP contribution >= 0.6 is 0 Å². The van der Waals surface area contributed by atoms with Crippen molar-refractivity contribution >= 4 is 22.4 Å². The fraction of sp³-hybridized carbons (Fsp3) is 0.133. The third-order valence-corrected chi connectivity index (χ3v) is 4.15. The van der Waals surface area contributed by atoms with Gasteiger partial charge in [0.05, 0.1) is 15.7 Å². The van der Waals surface area contributed by atoms with Gasteiger partial charge in [0.15, 0.2) is 0 Å². The molecule has 2 aromatic rings. The number of para-hydroxylation sites is 1. The molecule has 0 saturated carbocycles. The molecule has 20 heavy (non-hydrogen) atoms. The number of hydrogen-bond donors (Lipinski definition) is 2. The van der Waals surface area contributed by atoms with Crippen LogP contribution in [0.5, 0.6) is 0 Å². The Hall–Kier alpha value is -2.14. The topological polar surface area (TPSA) is 72.2 Å². The fourth-order valence-corrected chi connectivity index (χ4v) is 2.79. The lowest BCUT2D eigenvalue weighted by molar-refractivity contribution is -0.118. The number of amides is 1. The van der Waals surface area contributed by atoms with Crippen molar-refractivity contribution in [2.24, 2.45) is 0 Å². The maximum atomic E-state index is 12.1. The van der Waals surface area contributed by atoms with E-state index < -0.39 is 10.8 Å². The van der Waals surface area contributed by atoms with E-state index in [2.05, 4.69) is 5.32 Å². The average Bonchev–Trinajstić information content (AvgIpc) is 2.46. The molecule has 0 spiro atoms. The van der Waals surface area contributed by atoms with Crippen LogP contribution in [0.25, 0.3) is 0 Å². The highest BCUT2D eigenvalue weighted by atomic mass is 32.2. The van der Waals surface area contributed by atoms with Crippen molar-refractivity contribution in [1.29, 1.82) is 0 Å². The quantitative estimate of drug-likeness (QED) is 0.822. The second kappa shape index (κ2) is 6.86. The molecule has 0 fully saturated rings. The molecule has 0 aliphatic rings. The lowest BCUT2D eigenvalue weighted by atomic mass is 10.2. The minimum Gasteiger partial charge on any atom is -0.398 e. The maximum absolute atomic E-state index is 12.1. The molecule has 0 radical (unpaired) electrons. The third kappa shape index (κ3) is 3.93. The first-order chi connectivity index (χ1) is 9.66. The number of anilines is 1. The number of carbonyl (C=O) groups is 1. The van der Waals surface area contributed by atoms with Gasteiger partial charge in [-0.3, -0.25) is 9.00 Å². The van der Waals surface area contributed by atoms with Gasteiger partial charge in [0, 0.05) is 12.2 Å². The summed E-state index contributed by atoms with van der Waals surface area (Å²) < 4.78 is 12.1. The molecule has 0 saturated heterocycles. The van der Waals surface area contributed by atoms with Crippen molar-refractivity contribution < 1.29 is 9.00 Å². The van der Waals surface area contributed by atoms with Crippen LogP contribution < -0.4 is 11.1 Å². The summed E-state index contributed by atoms with van der Waals surface area (Å²) in [5.74, 6) is -0.337. The molecular weight excluding hydrogens is 272 g/mol. The number of nitrogens with one attached hydrogen (secondary N) is 1. The molecule has 0 aliphatic carbocycles. The van der Waals surface area contributed by atoms with E-state index in [4.69, 9.17) is 5.73 Å². The predicted molar refractivity (Wildman–Crippen MR) is 80.4 cm³/mol. The van der Waals surface area contributed by atoms with E-state index >= 15 is 0 Å². The molecular formula is C15H16N2O2S. The largest absolute Gasteiger partial charge is 0.398 e. The summed E-state index contributed by atoms with van der Waals surface area (Å²) in [5.41, 5.74) is 7.19. The van der Waals surface area contributed by atoms with E-state index in [1.807, 2.05) is 30.3 Å². The van der Waals surface area contributed by atoms with Crippen molar-refractivity contribution in [1.82, 2.24) is 5.32 Å². The molecule has 4 nitrogen and oxygen atoms in total. The molecule has 2 rings (SSSR count). The monoisotopic (exact) mass is 288 g/mol. The van der Waals surface area contributed by atoms with Crippen molar-refractivity contribution in [3.63, 3.8) is 0 Å². The number of hydrogen-bond acceptors (Lipinski definition) is 3. The Bertz CT molecular complexity index is 614. The van der Waals surface area contributed by atoms with E-state index in [1.54, 1.807) is 24.3 Å². The summed E-state index contributed by atoms with van der Waals surface area (Å²) in [4.78, 5) is 12.3. The van der Waals surface area contributed by atoms with Gasteiger partial charge < -0.3 is 11.1 Å². The van der Waals surface area contributed by atoms with Crippen LogP contribution in [0, 0.1) is 0 Å². The van der Waals surface area contributed by atoms with E-state index in [-0.39, 0.29) is 11.7 Å². The summed E-state index contributed by atoms with van der Waals surface area (Å²) in [6.07, 6.45) is 0. The van der Waals surface area contributed by atoms with Gasteiger partial charge in [-0.2, -0.15) is 0 Å². The Morgan fingerprint density at radius 3 is 2.40 bits per heavy atom. The molecule has 5 heteroatoms. The predicted octanol–water partition coefficient (Wildman–Crippen LogP) is 1.69. The number of carbonyl (C=O) groups excluding carboxylic acids is 1. The summed E-state index contributed by atoms with van der Waals surface area (Å²) in [6, 6.07) is 16.5. The Kier molecular flexibility index (Phi) is 4.90. The van der Waals surface area contributed by atoms with Crippen LogP contribution in [0.4, 0.5) is 5.69 Å². The first-order valence-electron chi connectivity index (χ1n) is 6.20. The Balaban J connectivity index is 1.89. The van der Waals surface area contributed by atoms with E-state index in [9.17, 15) is 9.00 Å². The Morgan fingerprint density at radius 1 is 1.05 bits per heavy atom. The number of rotatable bonds is 5. The van der Waals surface area contributed by atoms with Gasteiger partial charge >= 0.3 is 0 Å². The summed E-state index contributed by atoms with van der Waals surface area (Å²) >= 11 is 0. The highest BCUT2D eigenvalue weighted by Crippen LogP contribution is 2.15. The minimum absolute atomic E-state index is 0.0823. The summed E-state index contributed by atoms with van der Waals surface area (Å²) in [6.45, 7) is 0.432. The van der Waals surface area contributed by atoms with Gasteiger partial charge in [-0.15, -0.1) is 0 Å². The van der Waals surface area contributed by atoms with Crippen LogP contribution in [0.2, 0.25) is 0 Å². The molecule has 104 valence electrons. The summed E-state index contributed by atoms with van der Waals surface area (Å²) in [5, 5.41) is 2.75. The molecule has 0 aliphatic heterocycles. The zero-order chi connectivity index (χ0) is 14.4. The third-order valence-electron chi connectivity index (χ3n) is 2.76. The van der Waals surface area contributed by atoms with Gasteiger partial charge in [-0.25, -0.2) is 0 Å². The molecule has 2 aromatic carbocycles. The fourth-order valence-electron chi connectivity index (χ4n) is 1.73.